The standard InChI is InChI=1S/C13H11Cl2F3N4/c14-10-8(16)9-7(5-19-10)11(21-12(15)20-9)22-4-2-1-3-13(17,18)6-22/h5H,1-4,6H2. The average Bonchev–Trinajstić information content (AvgIpc) is 2.63. The topological polar surface area (TPSA) is 41.9 Å². The van der Waals surface area contributed by atoms with E-state index in [0.29, 0.717) is 19.4 Å². The number of alkyl halides is 2. The van der Waals surface area contributed by atoms with E-state index in [1.54, 1.807) is 0 Å². The summed E-state index contributed by atoms with van der Waals surface area (Å²) in [5.74, 6) is -3.52. The molecule has 22 heavy (non-hydrogen) atoms. The second-order valence-electron chi connectivity index (χ2n) is 5.18. The normalized spacial score (nSPS) is 18.5. The lowest BCUT2D eigenvalue weighted by Crippen LogP contribution is -2.35. The summed E-state index contributed by atoms with van der Waals surface area (Å²) in [5.41, 5.74) is -0.123. The van der Waals surface area contributed by atoms with Gasteiger partial charge in [-0.15, -0.1) is 0 Å². The molecule has 1 aliphatic rings. The molecule has 2 aromatic rings. The Morgan fingerprint density at radius 1 is 1.18 bits per heavy atom. The van der Waals surface area contributed by atoms with Gasteiger partial charge in [0.2, 0.25) is 5.28 Å². The van der Waals surface area contributed by atoms with Gasteiger partial charge in [-0.25, -0.2) is 23.1 Å². The number of pyridine rings is 1. The van der Waals surface area contributed by atoms with E-state index in [2.05, 4.69) is 15.0 Å². The van der Waals surface area contributed by atoms with Crippen molar-refractivity contribution in [2.45, 2.75) is 25.2 Å². The Morgan fingerprint density at radius 2 is 1.95 bits per heavy atom. The number of rotatable bonds is 1. The molecule has 0 unspecified atom stereocenters. The fraction of sp³-hybridized carbons (Fsp3) is 0.462. The van der Waals surface area contributed by atoms with Crippen LogP contribution in [0, 0.1) is 5.82 Å². The molecule has 1 fully saturated rings. The molecule has 0 amide bonds. The summed E-state index contributed by atoms with van der Waals surface area (Å²) in [6, 6.07) is 0. The maximum atomic E-state index is 14.0. The van der Waals surface area contributed by atoms with Crippen LogP contribution in [-0.2, 0) is 0 Å². The molecule has 0 radical (unpaired) electrons. The summed E-state index contributed by atoms with van der Waals surface area (Å²) in [6.07, 6.45) is 2.09. The smallest absolute Gasteiger partial charge is 0.265 e. The van der Waals surface area contributed by atoms with Crippen LogP contribution in [0.15, 0.2) is 6.20 Å². The maximum Gasteiger partial charge on any atom is 0.265 e. The first-order chi connectivity index (χ1) is 10.4. The van der Waals surface area contributed by atoms with E-state index >= 15 is 0 Å². The van der Waals surface area contributed by atoms with E-state index in [4.69, 9.17) is 23.2 Å². The number of hydrogen-bond donors (Lipinski definition) is 0. The zero-order valence-electron chi connectivity index (χ0n) is 11.3. The number of nitrogens with zero attached hydrogens (tertiary/aromatic N) is 4. The highest BCUT2D eigenvalue weighted by molar-refractivity contribution is 6.30. The predicted molar refractivity (Wildman–Crippen MR) is 78.3 cm³/mol. The number of aromatic nitrogens is 3. The fourth-order valence-corrected chi connectivity index (χ4v) is 2.84. The van der Waals surface area contributed by atoms with Crippen molar-refractivity contribution in [2.75, 3.05) is 18.0 Å². The summed E-state index contributed by atoms with van der Waals surface area (Å²) in [5, 5.41) is -0.366. The van der Waals surface area contributed by atoms with Crippen molar-refractivity contribution in [3.05, 3.63) is 22.5 Å². The highest BCUT2D eigenvalue weighted by Crippen LogP contribution is 2.33. The molecule has 0 bridgehead atoms. The molecule has 0 aromatic carbocycles. The quantitative estimate of drug-likeness (QED) is 0.573. The van der Waals surface area contributed by atoms with E-state index in [9.17, 15) is 13.2 Å². The van der Waals surface area contributed by atoms with Gasteiger partial charge in [0.1, 0.15) is 11.3 Å². The Kier molecular flexibility index (Phi) is 4.03. The molecule has 118 valence electrons. The highest BCUT2D eigenvalue weighted by atomic mass is 35.5. The molecule has 9 heteroatoms. The van der Waals surface area contributed by atoms with Crippen LogP contribution in [0.1, 0.15) is 19.3 Å². The monoisotopic (exact) mass is 350 g/mol. The van der Waals surface area contributed by atoms with Crippen molar-refractivity contribution in [3.8, 4) is 0 Å². The van der Waals surface area contributed by atoms with Gasteiger partial charge in [-0.1, -0.05) is 11.6 Å². The molecule has 1 aliphatic heterocycles. The largest absolute Gasteiger partial charge is 0.350 e. The SMILES string of the molecule is Fc1c(Cl)ncc2c(N3CCCCC(F)(F)C3)nc(Cl)nc12. The second-order valence-corrected chi connectivity index (χ2v) is 5.87. The molecule has 3 heterocycles. The van der Waals surface area contributed by atoms with Gasteiger partial charge in [0.05, 0.1) is 11.9 Å². The van der Waals surface area contributed by atoms with E-state index in [0.717, 1.165) is 0 Å². The van der Waals surface area contributed by atoms with Gasteiger partial charge in [-0.05, 0) is 24.4 Å². The van der Waals surface area contributed by atoms with Crippen LogP contribution in [-0.4, -0.2) is 34.0 Å². The van der Waals surface area contributed by atoms with Gasteiger partial charge in [-0.2, -0.15) is 4.98 Å². The number of fused-ring (bicyclic) bond motifs is 1. The third kappa shape index (κ3) is 2.92. The molecular weight excluding hydrogens is 340 g/mol. The van der Waals surface area contributed by atoms with Gasteiger partial charge in [-0.3, -0.25) is 0 Å². The lowest BCUT2D eigenvalue weighted by atomic mass is 10.2. The van der Waals surface area contributed by atoms with Crippen LogP contribution < -0.4 is 4.90 Å². The molecule has 2 aromatic heterocycles. The highest BCUT2D eigenvalue weighted by Gasteiger charge is 2.34. The summed E-state index contributed by atoms with van der Waals surface area (Å²) in [7, 11) is 0. The zero-order valence-corrected chi connectivity index (χ0v) is 12.8. The molecule has 0 N–H and O–H groups in total. The van der Waals surface area contributed by atoms with E-state index in [1.165, 1.54) is 11.1 Å². The molecule has 0 saturated carbocycles. The van der Waals surface area contributed by atoms with Gasteiger partial charge >= 0.3 is 0 Å². The molecule has 0 atom stereocenters. The third-order valence-corrected chi connectivity index (χ3v) is 3.97. The van der Waals surface area contributed by atoms with Gasteiger partial charge in [0, 0.05) is 19.2 Å². The Hall–Kier alpha value is -1.34. The molecule has 3 rings (SSSR count). The van der Waals surface area contributed by atoms with Crippen LogP contribution in [0.3, 0.4) is 0 Å². The molecule has 1 saturated heterocycles. The van der Waals surface area contributed by atoms with Crippen LogP contribution in [0.4, 0.5) is 19.0 Å². The van der Waals surface area contributed by atoms with Gasteiger partial charge < -0.3 is 4.90 Å². The number of halogens is 5. The lowest BCUT2D eigenvalue weighted by molar-refractivity contribution is 0.00340. The minimum Gasteiger partial charge on any atom is -0.350 e. The summed E-state index contributed by atoms with van der Waals surface area (Å²) < 4.78 is 41.7. The third-order valence-electron chi connectivity index (χ3n) is 3.54. The minimum atomic E-state index is -2.83. The Morgan fingerprint density at radius 3 is 2.73 bits per heavy atom. The van der Waals surface area contributed by atoms with E-state index in [1.807, 2.05) is 0 Å². The lowest BCUT2D eigenvalue weighted by Gasteiger charge is -2.26. The summed E-state index contributed by atoms with van der Waals surface area (Å²) in [4.78, 5) is 12.9. The van der Waals surface area contributed by atoms with Crippen LogP contribution >= 0.6 is 23.2 Å². The van der Waals surface area contributed by atoms with Crippen LogP contribution in [0.2, 0.25) is 10.4 Å². The minimum absolute atomic E-state index is 0.123. The van der Waals surface area contributed by atoms with Crippen molar-refractivity contribution in [2.24, 2.45) is 0 Å². The Bertz CT molecular complexity index is 726. The molecule has 0 aliphatic carbocycles. The maximum absolute atomic E-state index is 14.0. The van der Waals surface area contributed by atoms with E-state index < -0.39 is 18.3 Å². The van der Waals surface area contributed by atoms with Crippen molar-refractivity contribution in [3.63, 3.8) is 0 Å². The second kappa shape index (κ2) is 5.70. The van der Waals surface area contributed by atoms with Gasteiger partial charge in [0.15, 0.2) is 11.0 Å². The summed E-state index contributed by atoms with van der Waals surface area (Å²) in [6.45, 7) is -0.123. The first-order valence-corrected chi connectivity index (χ1v) is 7.43. The molecular formula is C13H11Cl2F3N4. The Balaban J connectivity index is 2.15. The molecule has 4 nitrogen and oxygen atoms in total. The number of anilines is 1. The average molecular weight is 351 g/mol. The van der Waals surface area contributed by atoms with Crippen LogP contribution in [0.25, 0.3) is 10.9 Å². The zero-order chi connectivity index (χ0) is 15.9. The van der Waals surface area contributed by atoms with Crippen molar-refractivity contribution < 1.29 is 13.2 Å². The first-order valence-electron chi connectivity index (χ1n) is 6.67. The van der Waals surface area contributed by atoms with Crippen molar-refractivity contribution in [1.29, 1.82) is 0 Å². The first kappa shape index (κ1) is 15.6. The van der Waals surface area contributed by atoms with Crippen molar-refractivity contribution in [1.82, 2.24) is 15.0 Å². The number of hydrogen-bond acceptors (Lipinski definition) is 4. The fourth-order valence-electron chi connectivity index (χ4n) is 2.54. The van der Waals surface area contributed by atoms with Crippen LogP contribution in [0.5, 0.6) is 0 Å². The van der Waals surface area contributed by atoms with E-state index in [-0.39, 0.29) is 33.6 Å². The molecule has 0 spiro atoms. The van der Waals surface area contributed by atoms with Gasteiger partial charge in [0.25, 0.3) is 5.92 Å². The summed E-state index contributed by atoms with van der Waals surface area (Å²) >= 11 is 11.4. The van der Waals surface area contributed by atoms with Crippen molar-refractivity contribution >= 4 is 39.9 Å². The predicted octanol–water partition coefficient (Wildman–Crippen LogP) is 4.10. The Labute approximate surface area is 134 Å².